The molecule has 102 valence electrons. The summed E-state index contributed by atoms with van der Waals surface area (Å²) in [7, 11) is -3.87. The van der Waals surface area contributed by atoms with Gasteiger partial charge >= 0.3 is 0 Å². The average Bonchev–Trinajstić information content (AvgIpc) is 2.40. The van der Waals surface area contributed by atoms with E-state index in [1.807, 2.05) is 6.92 Å². The van der Waals surface area contributed by atoms with Gasteiger partial charge in [0.05, 0.1) is 11.0 Å². The second kappa shape index (κ2) is 5.43. The van der Waals surface area contributed by atoms with E-state index < -0.39 is 20.9 Å². The Morgan fingerprint density at radius 1 is 1.15 bits per heavy atom. The van der Waals surface area contributed by atoms with E-state index in [0.717, 1.165) is 11.6 Å². The van der Waals surface area contributed by atoms with Crippen LogP contribution in [-0.2, 0) is 9.84 Å². The first-order chi connectivity index (χ1) is 9.45. The molecule has 2 aromatic carbocycles. The van der Waals surface area contributed by atoms with Crippen LogP contribution in [0.25, 0.3) is 0 Å². The molecule has 0 heterocycles. The van der Waals surface area contributed by atoms with Gasteiger partial charge in [-0.15, -0.1) is 0 Å². The summed E-state index contributed by atoms with van der Waals surface area (Å²) in [5.74, 6) is -0.568. The molecule has 0 aliphatic rings. The number of hydrogen-bond donors (Lipinski definition) is 0. The molecule has 1 atom stereocenters. The van der Waals surface area contributed by atoms with Crippen molar-refractivity contribution in [2.75, 3.05) is 0 Å². The van der Waals surface area contributed by atoms with E-state index >= 15 is 0 Å². The van der Waals surface area contributed by atoms with Crippen molar-refractivity contribution in [2.45, 2.75) is 17.1 Å². The Kier molecular flexibility index (Phi) is 3.86. The average molecular weight is 289 g/mol. The zero-order chi connectivity index (χ0) is 14.8. The van der Waals surface area contributed by atoms with E-state index in [1.165, 1.54) is 30.3 Å². The number of benzene rings is 2. The second-order valence-electron chi connectivity index (χ2n) is 4.42. The molecule has 0 fully saturated rings. The van der Waals surface area contributed by atoms with Gasteiger partial charge in [-0.25, -0.2) is 12.8 Å². The van der Waals surface area contributed by atoms with Crippen molar-refractivity contribution in [3.05, 3.63) is 65.5 Å². The second-order valence-corrected chi connectivity index (χ2v) is 6.46. The Hall–Kier alpha value is -2.19. The maximum atomic E-state index is 13.2. The third-order valence-electron chi connectivity index (χ3n) is 2.93. The fourth-order valence-corrected chi connectivity index (χ4v) is 3.29. The van der Waals surface area contributed by atoms with Crippen molar-refractivity contribution in [3.63, 3.8) is 0 Å². The van der Waals surface area contributed by atoms with E-state index in [1.54, 1.807) is 18.2 Å². The molecule has 0 amide bonds. The van der Waals surface area contributed by atoms with Crippen LogP contribution in [-0.4, -0.2) is 8.42 Å². The van der Waals surface area contributed by atoms with Gasteiger partial charge in [-0.1, -0.05) is 29.8 Å². The predicted molar refractivity (Wildman–Crippen MR) is 73.1 cm³/mol. The third kappa shape index (κ3) is 2.70. The third-order valence-corrected chi connectivity index (χ3v) is 4.86. The molecule has 0 saturated heterocycles. The van der Waals surface area contributed by atoms with Crippen molar-refractivity contribution < 1.29 is 12.8 Å². The van der Waals surface area contributed by atoms with Crippen molar-refractivity contribution in [1.29, 1.82) is 5.26 Å². The van der Waals surface area contributed by atoms with E-state index in [2.05, 4.69) is 0 Å². The van der Waals surface area contributed by atoms with Crippen LogP contribution in [0.15, 0.2) is 53.4 Å². The number of hydrogen-bond acceptors (Lipinski definition) is 3. The molecule has 0 saturated carbocycles. The monoisotopic (exact) mass is 289 g/mol. The first-order valence-electron chi connectivity index (χ1n) is 5.91. The number of halogens is 1. The lowest BCUT2D eigenvalue weighted by Crippen LogP contribution is -2.12. The van der Waals surface area contributed by atoms with E-state index in [-0.39, 0.29) is 10.5 Å². The van der Waals surface area contributed by atoms with Crippen LogP contribution in [0.1, 0.15) is 16.4 Å². The minimum absolute atomic E-state index is 0.0545. The maximum Gasteiger partial charge on any atom is 0.198 e. The highest BCUT2D eigenvalue weighted by molar-refractivity contribution is 7.92. The minimum atomic E-state index is -3.87. The molecule has 0 radical (unpaired) electrons. The smallest absolute Gasteiger partial charge is 0.198 e. The van der Waals surface area contributed by atoms with Gasteiger partial charge < -0.3 is 0 Å². The number of aryl methyl sites for hydroxylation is 1. The maximum absolute atomic E-state index is 13.2. The van der Waals surface area contributed by atoms with Gasteiger partial charge in [0.15, 0.2) is 15.1 Å². The molecule has 0 aliphatic heterocycles. The van der Waals surface area contributed by atoms with Gasteiger partial charge in [-0.05, 0) is 36.8 Å². The van der Waals surface area contributed by atoms with E-state index in [9.17, 15) is 18.1 Å². The topological polar surface area (TPSA) is 57.9 Å². The summed E-state index contributed by atoms with van der Waals surface area (Å²) in [6.07, 6.45) is 0. The molecule has 3 nitrogen and oxygen atoms in total. The van der Waals surface area contributed by atoms with Gasteiger partial charge in [0.2, 0.25) is 0 Å². The zero-order valence-electron chi connectivity index (χ0n) is 10.7. The van der Waals surface area contributed by atoms with Gasteiger partial charge in [0.25, 0.3) is 0 Å². The quantitative estimate of drug-likeness (QED) is 0.872. The molecule has 0 aromatic heterocycles. The van der Waals surface area contributed by atoms with E-state index in [0.29, 0.717) is 0 Å². The Morgan fingerprint density at radius 2 is 1.80 bits per heavy atom. The van der Waals surface area contributed by atoms with Gasteiger partial charge in [-0.3, -0.25) is 0 Å². The largest absolute Gasteiger partial charge is 0.222 e. The van der Waals surface area contributed by atoms with Crippen LogP contribution >= 0.6 is 0 Å². The summed E-state index contributed by atoms with van der Waals surface area (Å²) >= 11 is 0. The Morgan fingerprint density at radius 3 is 2.35 bits per heavy atom. The molecular formula is C15H12FNO2S. The molecule has 0 aliphatic carbocycles. The summed E-state index contributed by atoms with van der Waals surface area (Å²) in [6.45, 7) is 1.84. The molecule has 20 heavy (non-hydrogen) atoms. The fraction of sp³-hybridized carbons (Fsp3) is 0.133. The number of rotatable bonds is 3. The fourth-order valence-electron chi connectivity index (χ4n) is 1.86. The van der Waals surface area contributed by atoms with Crippen molar-refractivity contribution >= 4 is 9.84 Å². The molecule has 1 unspecified atom stereocenters. The SMILES string of the molecule is Cc1ccc(S(=O)(=O)C(C#N)c2cccc(F)c2)cc1. The highest BCUT2D eigenvalue weighted by atomic mass is 32.2. The summed E-state index contributed by atoms with van der Waals surface area (Å²) in [4.78, 5) is 0.0545. The van der Waals surface area contributed by atoms with Crippen LogP contribution in [0.2, 0.25) is 0 Å². The lowest BCUT2D eigenvalue weighted by atomic mass is 10.1. The summed E-state index contributed by atoms with van der Waals surface area (Å²) in [5.41, 5.74) is 1.05. The standard InChI is InChI=1S/C15H12FNO2S/c1-11-5-7-14(8-6-11)20(18,19)15(10-17)12-3-2-4-13(16)9-12/h2-9,15H,1H3. The predicted octanol–water partition coefficient (Wildman–Crippen LogP) is 3.17. The lowest BCUT2D eigenvalue weighted by Gasteiger charge is -2.11. The first kappa shape index (κ1) is 14.2. The molecule has 0 spiro atoms. The van der Waals surface area contributed by atoms with Crippen molar-refractivity contribution in [3.8, 4) is 6.07 Å². The summed E-state index contributed by atoms with van der Waals surface area (Å²) in [5, 5.41) is 7.75. The molecular weight excluding hydrogens is 277 g/mol. The lowest BCUT2D eigenvalue weighted by molar-refractivity contribution is 0.590. The van der Waals surface area contributed by atoms with Gasteiger partial charge in [0, 0.05) is 0 Å². The molecule has 0 bridgehead atoms. The first-order valence-corrected chi connectivity index (χ1v) is 7.45. The van der Waals surface area contributed by atoms with Crippen molar-refractivity contribution in [2.24, 2.45) is 0 Å². The van der Waals surface area contributed by atoms with Crippen LogP contribution in [0, 0.1) is 24.1 Å². The zero-order valence-corrected chi connectivity index (χ0v) is 11.6. The van der Waals surface area contributed by atoms with Crippen LogP contribution in [0.3, 0.4) is 0 Å². The normalized spacial score (nSPS) is 12.7. The molecule has 2 rings (SSSR count). The molecule has 0 N–H and O–H groups in total. The Balaban J connectivity index is 2.51. The van der Waals surface area contributed by atoms with Crippen LogP contribution in [0.5, 0.6) is 0 Å². The summed E-state index contributed by atoms with van der Waals surface area (Å²) in [6, 6.07) is 13.1. The van der Waals surface area contributed by atoms with E-state index in [4.69, 9.17) is 0 Å². The highest BCUT2D eigenvalue weighted by Gasteiger charge is 2.29. The molecule has 5 heteroatoms. The number of nitrogens with zero attached hydrogens (tertiary/aromatic N) is 1. The van der Waals surface area contributed by atoms with Crippen molar-refractivity contribution in [1.82, 2.24) is 0 Å². The molecule has 2 aromatic rings. The van der Waals surface area contributed by atoms with Crippen LogP contribution < -0.4 is 0 Å². The number of nitriles is 1. The Labute approximate surface area is 117 Å². The Bertz CT molecular complexity index is 761. The van der Waals surface area contributed by atoms with Crippen LogP contribution in [0.4, 0.5) is 4.39 Å². The van der Waals surface area contributed by atoms with Gasteiger partial charge in [0.1, 0.15) is 5.82 Å². The summed E-state index contributed by atoms with van der Waals surface area (Å²) < 4.78 is 38.1. The minimum Gasteiger partial charge on any atom is -0.222 e. The number of sulfone groups is 1. The highest BCUT2D eigenvalue weighted by Crippen LogP contribution is 2.28. The van der Waals surface area contributed by atoms with Gasteiger partial charge in [-0.2, -0.15) is 5.26 Å².